The standard InChI is InChI=1S/C11H16N4O3/c1-11(4-6-12-7-5-11)14-10(16)8-2-3-9(13-8)15(17)18/h2-3,12-13H,4-7H2,1H3,(H,14,16). The van der Waals surface area contributed by atoms with Crippen molar-refractivity contribution in [2.75, 3.05) is 13.1 Å². The van der Waals surface area contributed by atoms with Gasteiger partial charge in [0.05, 0.1) is 0 Å². The van der Waals surface area contributed by atoms with Crippen molar-refractivity contribution in [2.24, 2.45) is 0 Å². The Labute approximate surface area is 104 Å². The van der Waals surface area contributed by atoms with Crippen LogP contribution in [-0.2, 0) is 0 Å². The van der Waals surface area contributed by atoms with E-state index in [1.807, 2.05) is 6.92 Å². The van der Waals surface area contributed by atoms with E-state index in [2.05, 4.69) is 15.6 Å². The first-order chi connectivity index (χ1) is 8.50. The Kier molecular flexibility index (Phi) is 3.33. The number of nitrogens with zero attached hydrogens (tertiary/aromatic N) is 1. The number of hydrogen-bond donors (Lipinski definition) is 3. The quantitative estimate of drug-likeness (QED) is 0.547. The zero-order valence-electron chi connectivity index (χ0n) is 10.2. The van der Waals surface area contributed by atoms with Crippen molar-refractivity contribution < 1.29 is 9.72 Å². The van der Waals surface area contributed by atoms with Crippen molar-refractivity contribution in [2.45, 2.75) is 25.3 Å². The monoisotopic (exact) mass is 252 g/mol. The first-order valence-electron chi connectivity index (χ1n) is 5.87. The molecule has 0 aliphatic carbocycles. The highest BCUT2D eigenvalue weighted by Gasteiger charge is 2.30. The average Bonchev–Trinajstić information content (AvgIpc) is 2.78. The van der Waals surface area contributed by atoms with Gasteiger partial charge < -0.3 is 20.7 Å². The predicted molar refractivity (Wildman–Crippen MR) is 65.4 cm³/mol. The smallest absolute Gasteiger partial charge is 0.321 e. The lowest BCUT2D eigenvalue weighted by Crippen LogP contribution is -2.52. The maximum absolute atomic E-state index is 12.0. The largest absolute Gasteiger partial charge is 0.358 e. The summed E-state index contributed by atoms with van der Waals surface area (Å²) in [5, 5.41) is 16.7. The second-order valence-electron chi connectivity index (χ2n) is 4.78. The highest BCUT2D eigenvalue weighted by atomic mass is 16.6. The van der Waals surface area contributed by atoms with Crippen LogP contribution in [0, 0.1) is 10.1 Å². The summed E-state index contributed by atoms with van der Waals surface area (Å²) >= 11 is 0. The molecule has 1 saturated heterocycles. The van der Waals surface area contributed by atoms with Crippen LogP contribution in [0.15, 0.2) is 12.1 Å². The Morgan fingerprint density at radius 3 is 2.67 bits per heavy atom. The predicted octanol–water partition coefficient (Wildman–Crippen LogP) is 0.795. The van der Waals surface area contributed by atoms with E-state index in [1.54, 1.807) is 0 Å². The normalized spacial score (nSPS) is 18.3. The fraction of sp³-hybridized carbons (Fsp3) is 0.545. The number of aromatic amines is 1. The molecule has 0 saturated carbocycles. The number of amides is 1. The third-order valence-corrected chi connectivity index (χ3v) is 3.23. The van der Waals surface area contributed by atoms with Crippen LogP contribution >= 0.6 is 0 Å². The van der Waals surface area contributed by atoms with Gasteiger partial charge in [-0.25, -0.2) is 4.98 Å². The van der Waals surface area contributed by atoms with E-state index >= 15 is 0 Å². The van der Waals surface area contributed by atoms with Gasteiger partial charge in [-0.3, -0.25) is 4.79 Å². The summed E-state index contributed by atoms with van der Waals surface area (Å²) in [7, 11) is 0. The number of carbonyl (C=O) groups excluding carboxylic acids is 1. The Balaban J connectivity index is 2.04. The van der Waals surface area contributed by atoms with Gasteiger partial charge in [-0.05, 0) is 43.8 Å². The molecule has 1 aromatic heterocycles. The summed E-state index contributed by atoms with van der Waals surface area (Å²) in [5.41, 5.74) is -0.0242. The van der Waals surface area contributed by atoms with Crippen molar-refractivity contribution in [3.8, 4) is 0 Å². The molecular weight excluding hydrogens is 236 g/mol. The number of H-pyrrole nitrogens is 1. The topological polar surface area (TPSA) is 100 Å². The molecule has 7 nitrogen and oxygen atoms in total. The summed E-state index contributed by atoms with van der Waals surface area (Å²) in [5.74, 6) is -0.469. The molecule has 1 aromatic rings. The zero-order valence-corrected chi connectivity index (χ0v) is 10.2. The lowest BCUT2D eigenvalue weighted by Gasteiger charge is -2.34. The minimum Gasteiger partial charge on any atom is -0.358 e. The van der Waals surface area contributed by atoms with Gasteiger partial charge in [0.2, 0.25) is 0 Å². The van der Waals surface area contributed by atoms with E-state index in [9.17, 15) is 14.9 Å². The molecule has 18 heavy (non-hydrogen) atoms. The van der Waals surface area contributed by atoms with Crippen LogP contribution in [0.1, 0.15) is 30.3 Å². The summed E-state index contributed by atoms with van der Waals surface area (Å²) in [6, 6.07) is 2.72. The van der Waals surface area contributed by atoms with Crippen LogP contribution in [0.2, 0.25) is 0 Å². The molecule has 0 radical (unpaired) electrons. The van der Waals surface area contributed by atoms with Gasteiger partial charge in [0.25, 0.3) is 5.91 Å². The number of piperidine rings is 1. The van der Waals surface area contributed by atoms with Gasteiger partial charge in [0.15, 0.2) is 5.69 Å². The third kappa shape index (κ3) is 2.67. The molecule has 2 heterocycles. The minimum atomic E-state index is -0.553. The van der Waals surface area contributed by atoms with Gasteiger partial charge >= 0.3 is 5.82 Å². The maximum Gasteiger partial charge on any atom is 0.321 e. The van der Waals surface area contributed by atoms with Gasteiger partial charge in [0.1, 0.15) is 0 Å². The van der Waals surface area contributed by atoms with E-state index in [0.717, 1.165) is 25.9 Å². The highest BCUT2D eigenvalue weighted by Crippen LogP contribution is 2.18. The molecule has 0 unspecified atom stereocenters. The third-order valence-electron chi connectivity index (χ3n) is 3.23. The van der Waals surface area contributed by atoms with Crippen LogP contribution in [-0.4, -0.2) is 34.4 Å². The van der Waals surface area contributed by atoms with Crippen molar-refractivity contribution in [3.63, 3.8) is 0 Å². The molecule has 3 N–H and O–H groups in total. The zero-order chi connectivity index (χ0) is 13.2. The molecule has 0 spiro atoms. The lowest BCUT2D eigenvalue weighted by atomic mass is 9.90. The van der Waals surface area contributed by atoms with E-state index < -0.39 is 4.92 Å². The van der Waals surface area contributed by atoms with Crippen LogP contribution in [0.5, 0.6) is 0 Å². The molecule has 0 bridgehead atoms. The average molecular weight is 252 g/mol. The Bertz CT molecular complexity index is 463. The molecule has 0 aromatic carbocycles. The van der Waals surface area contributed by atoms with E-state index in [1.165, 1.54) is 12.1 Å². The SMILES string of the molecule is CC1(NC(=O)c2ccc([N+](=O)[O-])[nH]2)CCNCC1. The van der Waals surface area contributed by atoms with E-state index in [0.29, 0.717) is 0 Å². The number of rotatable bonds is 3. The van der Waals surface area contributed by atoms with Gasteiger partial charge in [0, 0.05) is 11.6 Å². The van der Waals surface area contributed by atoms with E-state index in [-0.39, 0.29) is 23.0 Å². The molecule has 98 valence electrons. The van der Waals surface area contributed by atoms with E-state index in [4.69, 9.17) is 0 Å². The highest BCUT2D eigenvalue weighted by molar-refractivity contribution is 5.93. The number of nitrogens with one attached hydrogen (secondary N) is 3. The Morgan fingerprint density at radius 1 is 1.44 bits per heavy atom. The van der Waals surface area contributed by atoms with Crippen LogP contribution in [0.25, 0.3) is 0 Å². The van der Waals surface area contributed by atoms with Gasteiger partial charge in [-0.2, -0.15) is 0 Å². The fourth-order valence-corrected chi connectivity index (χ4v) is 2.07. The lowest BCUT2D eigenvalue weighted by molar-refractivity contribution is -0.389. The molecular formula is C11H16N4O3. The first-order valence-corrected chi connectivity index (χ1v) is 5.87. The van der Waals surface area contributed by atoms with Gasteiger partial charge in [-0.1, -0.05) is 0 Å². The second kappa shape index (κ2) is 4.77. The molecule has 7 heteroatoms. The second-order valence-corrected chi connectivity index (χ2v) is 4.78. The van der Waals surface area contributed by atoms with Gasteiger partial charge in [-0.15, -0.1) is 0 Å². The fourth-order valence-electron chi connectivity index (χ4n) is 2.07. The minimum absolute atomic E-state index is 0.171. The Morgan fingerprint density at radius 2 is 2.11 bits per heavy atom. The van der Waals surface area contributed by atoms with Crippen molar-refractivity contribution >= 4 is 11.7 Å². The number of hydrogen-bond acceptors (Lipinski definition) is 4. The number of carbonyl (C=O) groups is 1. The van der Waals surface area contributed by atoms with Crippen LogP contribution in [0.3, 0.4) is 0 Å². The molecule has 1 aliphatic rings. The molecule has 0 atom stereocenters. The Hall–Kier alpha value is -1.89. The first kappa shape index (κ1) is 12.6. The van der Waals surface area contributed by atoms with Crippen LogP contribution in [0.4, 0.5) is 5.82 Å². The summed E-state index contributed by atoms with van der Waals surface area (Å²) < 4.78 is 0. The molecule has 1 aliphatic heterocycles. The number of aromatic nitrogens is 1. The summed E-state index contributed by atoms with van der Waals surface area (Å²) in [6.45, 7) is 3.71. The van der Waals surface area contributed by atoms with Crippen LogP contribution < -0.4 is 10.6 Å². The van der Waals surface area contributed by atoms with Crippen molar-refractivity contribution in [1.82, 2.24) is 15.6 Å². The van der Waals surface area contributed by atoms with Crippen molar-refractivity contribution in [1.29, 1.82) is 0 Å². The van der Waals surface area contributed by atoms with Crippen molar-refractivity contribution in [3.05, 3.63) is 27.9 Å². The molecule has 1 fully saturated rings. The number of nitro groups is 1. The maximum atomic E-state index is 12.0. The molecule has 1 amide bonds. The summed E-state index contributed by atoms with van der Waals surface area (Å²) in [6.07, 6.45) is 1.70. The summed E-state index contributed by atoms with van der Waals surface area (Å²) in [4.78, 5) is 24.4. The molecule has 2 rings (SSSR count).